The molecule has 0 saturated carbocycles. The minimum atomic E-state index is 0.426. The highest BCUT2D eigenvalue weighted by atomic mass is 16.6. The molecule has 1 rings (SSSR count). The minimum Gasteiger partial charge on any atom is -0.379 e. The molecule has 0 radical (unpaired) electrons. The Balaban J connectivity index is 1.59. The lowest BCUT2D eigenvalue weighted by Gasteiger charge is -2.04. The standard InChI is InChI=1S/C24H48O2/c1-2-3-4-5-6-7-8-9-10-11-12-13-14-15-16-17-18-19-20-21-25-22-24-23-26-24/h24H,2-23H2,1H3. The molecule has 26 heavy (non-hydrogen) atoms. The third kappa shape index (κ3) is 18.7. The Morgan fingerprint density at radius 2 is 0.923 bits per heavy atom. The van der Waals surface area contributed by atoms with Crippen molar-refractivity contribution in [3.63, 3.8) is 0 Å². The first kappa shape index (κ1) is 24.0. The third-order valence-corrected chi connectivity index (χ3v) is 5.60. The predicted octanol–water partition coefficient (Wildman–Crippen LogP) is 7.83. The van der Waals surface area contributed by atoms with Crippen molar-refractivity contribution in [1.29, 1.82) is 0 Å². The maximum Gasteiger partial charge on any atom is 0.104 e. The first-order valence-electron chi connectivity index (χ1n) is 12.1. The molecule has 0 spiro atoms. The first-order chi connectivity index (χ1) is 12.9. The number of epoxide rings is 1. The molecule has 1 unspecified atom stereocenters. The van der Waals surface area contributed by atoms with Gasteiger partial charge in [-0.1, -0.05) is 122 Å². The molecular formula is C24H48O2. The fourth-order valence-corrected chi connectivity index (χ4v) is 3.66. The maximum atomic E-state index is 5.57. The van der Waals surface area contributed by atoms with E-state index < -0.39 is 0 Å². The van der Waals surface area contributed by atoms with Gasteiger partial charge in [0.1, 0.15) is 6.10 Å². The van der Waals surface area contributed by atoms with Gasteiger partial charge in [-0.2, -0.15) is 0 Å². The summed E-state index contributed by atoms with van der Waals surface area (Å²) < 4.78 is 10.7. The topological polar surface area (TPSA) is 21.8 Å². The Hall–Kier alpha value is -0.0800. The smallest absolute Gasteiger partial charge is 0.104 e. The summed E-state index contributed by atoms with van der Waals surface area (Å²) in [5.74, 6) is 0. The van der Waals surface area contributed by atoms with Crippen LogP contribution in [0.1, 0.15) is 129 Å². The summed E-state index contributed by atoms with van der Waals surface area (Å²) >= 11 is 0. The summed E-state index contributed by atoms with van der Waals surface area (Å²) in [6.45, 7) is 4.96. The Labute approximate surface area is 164 Å². The van der Waals surface area contributed by atoms with Crippen molar-refractivity contribution in [1.82, 2.24) is 0 Å². The van der Waals surface area contributed by atoms with E-state index in [1.807, 2.05) is 0 Å². The van der Waals surface area contributed by atoms with Crippen LogP contribution in [0.5, 0.6) is 0 Å². The Morgan fingerprint density at radius 1 is 0.577 bits per heavy atom. The molecule has 0 amide bonds. The van der Waals surface area contributed by atoms with Crippen molar-refractivity contribution in [3.05, 3.63) is 0 Å². The molecule has 0 bridgehead atoms. The number of hydrogen-bond donors (Lipinski definition) is 0. The molecule has 0 aromatic carbocycles. The van der Waals surface area contributed by atoms with E-state index in [0.717, 1.165) is 19.8 Å². The minimum absolute atomic E-state index is 0.426. The van der Waals surface area contributed by atoms with Gasteiger partial charge in [0, 0.05) is 6.61 Å². The van der Waals surface area contributed by atoms with Gasteiger partial charge < -0.3 is 9.47 Å². The summed E-state index contributed by atoms with van der Waals surface area (Å²) in [5, 5.41) is 0. The molecule has 0 aromatic heterocycles. The van der Waals surface area contributed by atoms with Crippen LogP contribution in [-0.2, 0) is 9.47 Å². The molecule has 0 aromatic rings. The third-order valence-electron chi connectivity index (χ3n) is 5.60. The summed E-state index contributed by atoms with van der Waals surface area (Å²) in [6, 6.07) is 0. The van der Waals surface area contributed by atoms with Crippen molar-refractivity contribution in [2.24, 2.45) is 0 Å². The maximum absolute atomic E-state index is 5.57. The van der Waals surface area contributed by atoms with E-state index in [-0.39, 0.29) is 0 Å². The van der Waals surface area contributed by atoms with Crippen LogP contribution in [0.25, 0.3) is 0 Å². The lowest BCUT2D eigenvalue weighted by Crippen LogP contribution is -2.02. The molecule has 1 saturated heterocycles. The Kier molecular flexibility index (Phi) is 18.1. The van der Waals surface area contributed by atoms with E-state index in [1.54, 1.807) is 0 Å². The summed E-state index contributed by atoms with van der Waals surface area (Å²) in [5.41, 5.74) is 0. The second-order valence-corrected chi connectivity index (χ2v) is 8.39. The number of ether oxygens (including phenoxy) is 2. The Bertz CT molecular complexity index is 263. The van der Waals surface area contributed by atoms with E-state index in [9.17, 15) is 0 Å². The van der Waals surface area contributed by atoms with Crippen LogP contribution < -0.4 is 0 Å². The summed E-state index contributed by atoms with van der Waals surface area (Å²) in [4.78, 5) is 0. The summed E-state index contributed by atoms with van der Waals surface area (Å²) in [6.07, 6.45) is 27.7. The van der Waals surface area contributed by atoms with E-state index in [1.165, 1.54) is 122 Å². The van der Waals surface area contributed by atoms with Crippen LogP contribution in [0.15, 0.2) is 0 Å². The van der Waals surface area contributed by atoms with Crippen molar-refractivity contribution >= 4 is 0 Å². The Morgan fingerprint density at radius 3 is 1.27 bits per heavy atom. The fourth-order valence-electron chi connectivity index (χ4n) is 3.66. The molecule has 0 aliphatic carbocycles. The van der Waals surface area contributed by atoms with Crippen molar-refractivity contribution in [3.8, 4) is 0 Å². The zero-order valence-corrected chi connectivity index (χ0v) is 18.0. The van der Waals surface area contributed by atoms with Gasteiger partial charge in [0.2, 0.25) is 0 Å². The normalized spacial score (nSPS) is 16.3. The van der Waals surface area contributed by atoms with Gasteiger partial charge in [0.25, 0.3) is 0 Å². The van der Waals surface area contributed by atoms with Crippen LogP contribution in [0.4, 0.5) is 0 Å². The van der Waals surface area contributed by atoms with Gasteiger partial charge in [-0.3, -0.25) is 0 Å². The van der Waals surface area contributed by atoms with Crippen LogP contribution >= 0.6 is 0 Å². The average molecular weight is 369 g/mol. The van der Waals surface area contributed by atoms with Crippen LogP contribution in [0.2, 0.25) is 0 Å². The van der Waals surface area contributed by atoms with Crippen molar-refractivity contribution in [2.45, 2.75) is 135 Å². The molecule has 1 fully saturated rings. The average Bonchev–Trinajstić information content (AvgIpc) is 3.47. The van der Waals surface area contributed by atoms with Gasteiger partial charge in [-0.05, 0) is 6.42 Å². The van der Waals surface area contributed by atoms with Gasteiger partial charge in [-0.25, -0.2) is 0 Å². The summed E-state index contributed by atoms with van der Waals surface area (Å²) in [7, 11) is 0. The lowest BCUT2D eigenvalue weighted by molar-refractivity contribution is 0.113. The van der Waals surface area contributed by atoms with E-state index in [0.29, 0.717) is 6.10 Å². The van der Waals surface area contributed by atoms with Gasteiger partial charge >= 0.3 is 0 Å². The molecule has 2 nitrogen and oxygen atoms in total. The highest BCUT2D eigenvalue weighted by Crippen LogP contribution is 2.14. The monoisotopic (exact) mass is 368 g/mol. The van der Waals surface area contributed by atoms with Crippen molar-refractivity contribution in [2.75, 3.05) is 19.8 Å². The van der Waals surface area contributed by atoms with Gasteiger partial charge in [0.05, 0.1) is 13.2 Å². The number of unbranched alkanes of at least 4 members (excludes halogenated alkanes) is 18. The highest BCUT2D eigenvalue weighted by molar-refractivity contribution is 4.67. The lowest BCUT2D eigenvalue weighted by atomic mass is 10.0. The molecule has 1 aliphatic rings. The van der Waals surface area contributed by atoms with E-state index in [4.69, 9.17) is 9.47 Å². The van der Waals surface area contributed by atoms with Gasteiger partial charge in [0.15, 0.2) is 0 Å². The number of hydrogen-bond acceptors (Lipinski definition) is 2. The molecule has 156 valence electrons. The molecule has 2 heteroatoms. The van der Waals surface area contributed by atoms with Crippen LogP contribution in [0, 0.1) is 0 Å². The molecule has 0 N–H and O–H groups in total. The second-order valence-electron chi connectivity index (χ2n) is 8.39. The largest absolute Gasteiger partial charge is 0.379 e. The zero-order valence-electron chi connectivity index (χ0n) is 18.0. The van der Waals surface area contributed by atoms with Crippen LogP contribution in [-0.4, -0.2) is 25.9 Å². The van der Waals surface area contributed by atoms with E-state index >= 15 is 0 Å². The quantitative estimate of drug-likeness (QED) is 0.143. The molecular weight excluding hydrogens is 320 g/mol. The first-order valence-corrected chi connectivity index (χ1v) is 12.1. The van der Waals surface area contributed by atoms with Crippen molar-refractivity contribution < 1.29 is 9.47 Å². The van der Waals surface area contributed by atoms with Crippen LogP contribution in [0.3, 0.4) is 0 Å². The highest BCUT2D eigenvalue weighted by Gasteiger charge is 2.21. The number of rotatable bonds is 22. The molecule has 1 heterocycles. The fraction of sp³-hybridized carbons (Fsp3) is 1.00. The zero-order chi connectivity index (χ0) is 18.5. The predicted molar refractivity (Wildman–Crippen MR) is 114 cm³/mol. The molecule has 1 aliphatic heterocycles. The van der Waals surface area contributed by atoms with E-state index in [2.05, 4.69) is 6.92 Å². The van der Waals surface area contributed by atoms with Gasteiger partial charge in [-0.15, -0.1) is 0 Å². The SMILES string of the molecule is CCCCCCCCCCCCCCCCCCCCCOCC1CO1. The second kappa shape index (κ2) is 19.7. The molecule has 1 atom stereocenters.